The Morgan fingerprint density at radius 2 is 1.93 bits per heavy atom. The van der Waals surface area contributed by atoms with Crippen molar-refractivity contribution in [2.75, 3.05) is 7.11 Å². The van der Waals surface area contributed by atoms with Gasteiger partial charge in [0.2, 0.25) is 0 Å². The van der Waals surface area contributed by atoms with E-state index in [0.29, 0.717) is 22.0 Å². The van der Waals surface area contributed by atoms with Gasteiger partial charge in [0.25, 0.3) is 5.56 Å². The van der Waals surface area contributed by atoms with Crippen molar-refractivity contribution in [2.45, 2.75) is 0 Å². The maximum atomic E-state index is 13.4. The van der Waals surface area contributed by atoms with E-state index in [2.05, 4.69) is 9.72 Å². The Bertz CT molecular complexity index is 1100. The summed E-state index contributed by atoms with van der Waals surface area (Å²) >= 11 is 0. The molecule has 1 heterocycles. The molecular weight excluding hydrogens is 349 g/mol. The quantitative estimate of drug-likeness (QED) is 0.367. The number of aromatic nitrogens is 1. The number of quaternary nitrogens is 1. The van der Waals surface area contributed by atoms with Crippen molar-refractivity contribution >= 4 is 34.3 Å². The minimum Gasteiger partial charge on any atom is -0.465 e. The van der Waals surface area contributed by atoms with Crippen LogP contribution in [0.15, 0.2) is 59.5 Å². The van der Waals surface area contributed by atoms with Gasteiger partial charge in [-0.05, 0) is 36.4 Å². The smallest absolute Gasteiger partial charge is 0.337 e. The van der Waals surface area contributed by atoms with Gasteiger partial charge >= 0.3 is 5.97 Å². The number of pyridine rings is 1. The fraction of sp³-hybridized carbons (Fsp3) is 0.0500. The van der Waals surface area contributed by atoms with Gasteiger partial charge in [-0.1, -0.05) is 0 Å². The first-order valence-electron chi connectivity index (χ1n) is 8.08. The minimum absolute atomic E-state index is 0.269. The summed E-state index contributed by atoms with van der Waals surface area (Å²) in [5.41, 5.74) is 2.02. The highest BCUT2D eigenvalue weighted by Crippen LogP contribution is 2.16. The molecule has 0 unspecified atom stereocenters. The number of allylic oxidation sites excluding steroid dienone is 1. The number of aromatic amines is 1. The number of halogens is 1. The van der Waals surface area contributed by atoms with Crippen LogP contribution in [0.25, 0.3) is 16.5 Å². The largest absolute Gasteiger partial charge is 0.465 e. The lowest BCUT2D eigenvalue weighted by Gasteiger charge is -2.04. The van der Waals surface area contributed by atoms with E-state index in [1.165, 1.54) is 25.3 Å². The summed E-state index contributed by atoms with van der Waals surface area (Å²) in [6.45, 7) is 0. The molecule has 6 nitrogen and oxygen atoms in total. The Kier molecular flexibility index (Phi) is 5.23. The van der Waals surface area contributed by atoms with E-state index in [-0.39, 0.29) is 11.1 Å². The van der Waals surface area contributed by atoms with Crippen molar-refractivity contribution in [3.05, 3.63) is 82.0 Å². The summed E-state index contributed by atoms with van der Waals surface area (Å²) < 4.78 is 18.1. The Balaban J connectivity index is 1.91. The molecule has 0 amide bonds. The third-order valence-corrected chi connectivity index (χ3v) is 4.06. The molecule has 0 bridgehead atoms. The Hall–Kier alpha value is -3.58. The van der Waals surface area contributed by atoms with Crippen LogP contribution in [-0.4, -0.2) is 24.3 Å². The summed E-state index contributed by atoms with van der Waals surface area (Å²) in [4.78, 5) is 26.5. The topological polar surface area (TPSA) is 99.6 Å². The van der Waals surface area contributed by atoms with Crippen molar-refractivity contribution in [2.24, 2.45) is 0 Å². The van der Waals surface area contributed by atoms with E-state index in [9.17, 15) is 14.0 Å². The second kappa shape index (κ2) is 7.76. The van der Waals surface area contributed by atoms with E-state index in [0.717, 1.165) is 11.9 Å². The normalized spacial score (nSPS) is 11.4. The molecule has 7 heteroatoms. The van der Waals surface area contributed by atoms with Crippen molar-refractivity contribution in [3.8, 4) is 0 Å². The zero-order chi connectivity index (χ0) is 19.4. The molecule has 0 fully saturated rings. The van der Waals surface area contributed by atoms with Gasteiger partial charge in [0.1, 0.15) is 17.7 Å². The van der Waals surface area contributed by atoms with Crippen molar-refractivity contribution in [1.82, 2.24) is 4.98 Å². The van der Waals surface area contributed by atoms with Gasteiger partial charge in [0, 0.05) is 29.3 Å². The van der Waals surface area contributed by atoms with Crippen LogP contribution in [0.4, 0.5) is 10.1 Å². The van der Waals surface area contributed by atoms with Gasteiger partial charge in [-0.25, -0.2) is 9.18 Å². The lowest BCUT2D eigenvalue weighted by molar-refractivity contribution is -0.495. The Morgan fingerprint density at radius 1 is 1.19 bits per heavy atom. The molecule has 3 rings (SSSR count). The van der Waals surface area contributed by atoms with Crippen LogP contribution < -0.4 is 10.9 Å². The summed E-state index contributed by atoms with van der Waals surface area (Å²) in [6.07, 6.45) is 2.69. The second-order valence-corrected chi connectivity index (χ2v) is 5.79. The summed E-state index contributed by atoms with van der Waals surface area (Å²) in [7, 11) is 1.31. The average Bonchev–Trinajstić information content (AvgIpc) is 2.68. The van der Waals surface area contributed by atoms with Gasteiger partial charge < -0.3 is 15.1 Å². The number of esters is 1. The van der Waals surface area contributed by atoms with E-state index in [4.69, 9.17) is 5.41 Å². The lowest BCUT2D eigenvalue weighted by atomic mass is 10.1. The highest BCUT2D eigenvalue weighted by molar-refractivity contribution is 6.08. The second-order valence-electron chi connectivity index (χ2n) is 5.79. The number of hydrogen-bond donors (Lipinski definition) is 3. The number of rotatable bonds is 5. The molecule has 0 saturated carbocycles. The minimum atomic E-state index is -0.424. The number of carbonyl (C=O) groups excluding carboxylic acids is 1. The molecule has 27 heavy (non-hydrogen) atoms. The Morgan fingerprint density at radius 3 is 2.59 bits per heavy atom. The number of benzene rings is 2. The number of nitrogens with one attached hydrogen (secondary N) is 2. The molecule has 0 saturated heterocycles. The number of hydrogen-bond acceptors (Lipinski definition) is 4. The van der Waals surface area contributed by atoms with Crippen LogP contribution in [0.2, 0.25) is 0 Å². The standard InChI is InChI=1S/C20H16FN3O3/c1-27-20(26)12-2-5-16(6-3-12)23-11-14(10-22)17-9-13-8-15(21)4-7-18(13)24-19(17)25/h2-11,22-23H,1H3,(H,24,25)/p+1. The van der Waals surface area contributed by atoms with Crippen molar-refractivity contribution in [1.29, 1.82) is 5.41 Å². The number of fused-ring (bicyclic) bond motifs is 1. The molecule has 136 valence electrons. The van der Waals surface area contributed by atoms with Crippen LogP contribution in [0.5, 0.6) is 0 Å². The molecule has 4 N–H and O–H groups in total. The first kappa shape index (κ1) is 18.2. The fourth-order valence-electron chi connectivity index (χ4n) is 2.64. The number of carbonyl (C=O) groups is 1. The van der Waals surface area contributed by atoms with Crippen LogP contribution in [0.1, 0.15) is 15.9 Å². The molecule has 0 aliphatic heterocycles. The molecule has 0 radical (unpaired) electrons. The van der Waals surface area contributed by atoms with E-state index < -0.39 is 11.8 Å². The molecule has 0 aliphatic carbocycles. The lowest BCUT2D eigenvalue weighted by Crippen LogP contribution is -2.71. The molecule has 0 spiro atoms. The Labute approximate surface area is 153 Å². The first-order chi connectivity index (χ1) is 13.0. The maximum Gasteiger partial charge on any atom is 0.337 e. The van der Waals surface area contributed by atoms with Gasteiger partial charge in [-0.15, -0.1) is 0 Å². The van der Waals surface area contributed by atoms with Crippen LogP contribution in [-0.2, 0) is 4.74 Å². The fourth-order valence-corrected chi connectivity index (χ4v) is 2.64. The van der Waals surface area contributed by atoms with Crippen molar-refractivity contribution in [3.63, 3.8) is 0 Å². The van der Waals surface area contributed by atoms with Gasteiger partial charge in [-0.3, -0.25) is 10.1 Å². The van der Waals surface area contributed by atoms with E-state index in [1.807, 2.05) is 0 Å². The summed E-state index contributed by atoms with van der Waals surface area (Å²) in [6, 6.07) is 12.4. The SMILES string of the molecule is COC(=O)c1ccc([NH2+]C=C(C=N)c2cc3cc(F)ccc3[nH]c2=O)cc1. The number of nitrogens with two attached hydrogens (primary N) is 1. The van der Waals surface area contributed by atoms with Crippen LogP contribution in [0.3, 0.4) is 0 Å². The maximum absolute atomic E-state index is 13.4. The molecule has 1 aromatic heterocycles. The van der Waals surface area contributed by atoms with E-state index in [1.54, 1.807) is 41.8 Å². The van der Waals surface area contributed by atoms with E-state index >= 15 is 0 Å². The molecule has 2 aromatic carbocycles. The first-order valence-corrected chi connectivity index (χ1v) is 8.08. The number of H-pyrrole nitrogens is 1. The monoisotopic (exact) mass is 366 g/mol. The van der Waals surface area contributed by atoms with Crippen molar-refractivity contribution < 1.29 is 19.2 Å². The molecule has 0 atom stereocenters. The van der Waals surface area contributed by atoms with Crippen LogP contribution >= 0.6 is 0 Å². The van der Waals surface area contributed by atoms with Gasteiger partial charge in [-0.2, -0.15) is 0 Å². The number of methoxy groups -OCH3 is 1. The predicted molar refractivity (Wildman–Crippen MR) is 101 cm³/mol. The highest BCUT2D eigenvalue weighted by atomic mass is 19.1. The van der Waals surface area contributed by atoms with Gasteiger partial charge in [0.05, 0.1) is 23.8 Å². The van der Waals surface area contributed by atoms with Crippen LogP contribution in [0, 0.1) is 11.2 Å². The molecular formula is C20H17FN3O3+. The molecule has 3 aromatic rings. The average molecular weight is 366 g/mol. The summed E-state index contributed by atoms with van der Waals surface area (Å²) in [5, 5.41) is 9.88. The summed E-state index contributed by atoms with van der Waals surface area (Å²) in [5.74, 6) is -0.828. The predicted octanol–water partition coefficient (Wildman–Crippen LogP) is 2.34. The van der Waals surface area contributed by atoms with Gasteiger partial charge in [0.15, 0.2) is 0 Å². The zero-order valence-electron chi connectivity index (χ0n) is 14.5. The third kappa shape index (κ3) is 3.99. The highest BCUT2D eigenvalue weighted by Gasteiger charge is 2.10. The molecule has 0 aliphatic rings. The zero-order valence-corrected chi connectivity index (χ0v) is 14.5. The number of ether oxygens (including phenoxy) is 1. The third-order valence-electron chi connectivity index (χ3n) is 4.06.